The van der Waals surface area contributed by atoms with Crippen molar-refractivity contribution >= 4 is 38.8 Å². The van der Waals surface area contributed by atoms with Crippen molar-refractivity contribution in [3.8, 4) is 18.1 Å². The van der Waals surface area contributed by atoms with Crippen LogP contribution in [0.3, 0.4) is 0 Å². The maximum absolute atomic E-state index is 12.3. The molecule has 3 aromatic carbocycles. The Morgan fingerprint density at radius 1 is 1.15 bits per heavy atom. The number of hydrogen-bond donors (Lipinski definition) is 1. The molecule has 4 nitrogen and oxygen atoms in total. The van der Waals surface area contributed by atoms with Crippen LogP contribution in [-0.2, 0) is 0 Å². The fourth-order valence-corrected chi connectivity index (χ4v) is 2.98. The molecule has 0 unspecified atom stereocenters. The van der Waals surface area contributed by atoms with Gasteiger partial charge < -0.3 is 4.74 Å². The van der Waals surface area contributed by atoms with E-state index in [1.165, 1.54) is 0 Å². The van der Waals surface area contributed by atoms with Gasteiger partial charge in [-0.3, -0.25) is 4.79 Å². The van der Waals surface area contributed by atoms with E-state index < -0.39 is 0 Å². The van der Waals surface area contributed by atoms with Gasteiger partial charge in [-0.2, -0.15) is 5.10 Å². The van der Waals surface area contributed by atoms with E-state index in [1.54, 1.807) is 24.4 Å². The van der Waals surface area contributed by atoms with E-state index in [0.717, 1.165) is 16.3 Å². The van der Waals surface area contributed by atoms with E-state index in [9.17, 15) is 4.79 Å². The van der Waals surface area contributed by atoms with Crippen LogP contribution < -0.4 is 10.2 Å². The third kappa shape index (κ3) is 3.93. The zero-order chi connectivity index (χ0) is 18.4. The standard InChI is InChI=1S/C21H15BrN2O2/c1-2-13-26-20-12-11-15-7-3-4-8-16(15)18(20)14-23-24-21(25)17-9-5-6-10-19(17)22/h1,3-12,14H,13H2,(H,24,25)/b23-14-. The molecule has 0 spiro atoms. The van der Waals surface area contributed by atoms with Gasteiger partial charge >= 0.3 is 0 Å². The van der Waals surface area contributed by atoms with Crippen molar-refractivity contribution in [2.45, 2.75) is 0 Å². The Balaban J connectivity index is 1.89. The van der Waals surface area contributed by atoms with Gasteiger partial charge in [0.1, 0.15) is 12.4 Å². The number of nitrogens with one attached hydrogen (secondary N) is 1. The highest BCUT2D eigenvalue weighted by Gasteiger charge is 2.09. The van der Waals surface area contributed by atoms with Gasteiger partial charge in [-0.15, -0.1) is 6.42 Å². The lowest BCUT2D eigenvalue weighted by Crippen LogP contribution is -2.18. The number of rotatable bonds is 5. The number of halogens is 1. The second-order valence-corrected chi connectivity index (χ2v) is 6.22. The molecule has 0 radical (unpaired) electrons. The van der Waals surface area contributed by atoms with Crippen LogP contribution in [0.1, 0.15) is 15.9 Å². The largest absolute Gasteiger partial charge is 0.480 e. The van der Waals surface area contributed by atoms with Gasteiger partial charge in [-0.05, 0) is 44.9 Å². The second-order valence-electron chi connectivity index (χ2n) is 5.37. The first-order valence-corrected chi connectivity index (χ1v) is 8.66. The molecule has 0 fully saturated rings. The number of carbonyl (C=O) groups excluding carboxylic acids is 1. The molecule has 26 heavy (non-hydrogen) atoms. The maximum atomic E-state index is 12.3. The summed E-state index contributed by atoms with van der Waals surface area (Å²) >= 11 is 3.35. The molecule has 1 amide bonds. The van der Waals surface area contributed by atoms with Crippen LogP contribution in [0.15, 0.2) is 70.2 Å². The zero-order valence-electron chi connectivity index (χ0n) is 13.8. The van der Waals surface area contributed by atoms with E-state index in [0.29, 0.717) is 15.8 Å². The van der Waals surface area contributed by atoms with Gasteiger partial charge in [-0.1, -0.05) is 48.4 Å². The Hall–Kier alpha value is -3.10. The van der Waals surface area contributed by atoms with Crippen molar-refractivity contribution in [3.63, 3.8) is 0 Å². The first-order chi connectivity index (χ1) is 12.7. The average molecular weight is 407 g/mol. The first-order valence-electron chi connectivity index (χ1n) is 7.86. The van der Waals surface area contributed by atoms with Gasteiger partial charge in [-0.25, -0.2) is 5.43 Å². The molecule has 1 N–H and O–H groups in total. The van der Waals surface area contributed by atoms with Crippen molar-refractivity contribution in [2.75, 3.05) is 6.61 Å². The Morgan fingerprint density at radius 3 is 2.73 bits per heavy atom. The summed E-state index contributed by atoms with van der Waals surface area (Å²) in [6.45, 7) is 0.155. The van der Waals surface area contributed by atoms with Gasteiger partial charge in [0.25, 0.3) is 5.91 Å². The van der Waals surface area contributed by atoms with Crippen LogP contribution in [0.25, 0.3) is 10.8 Å². The van der Waals surface area contributed by atoms with Gasteiger partial charge in [0.2, 0.25) is 0 Å². The van der Waals surface area contributed by atoms with Crippen LogP contribution in [0.4, 0.5) is 0 Å². The van der Waals surface area contributed by atoms with E-state index in [4.69, 9.17) is 11.2 Å². The van der Waals surface area contributed by atoms with Gasteiger partial charge in [0.05, 0.1) is 11.8 Å². The molecular formula is C21H15BrN2O2. The molecule has 0 aliphatic heterocycles. The van der Waals surface area contributed by atoms with Gasteiger partial charge in [0, 0.05) is 10.0 Å². The molecule has 0 atom stereocenters. The van der Waals surface area contributed by atoms with Crippen molar-refractivity contribution in [3.05, 3.63) is 76.3 Å². The summed E-state index contributed by atoms with van der Waals surface area (Å²) in [4.78, 5) is 12.3. The number of carbonyl (C=O) groups is 1. The van der Waals surface area contributed by atoms with E-state index in [2.05, 4.69) is 32.4 Å². The number of fused-ring (bicyclic) bond motifs is 1. The summed E-state index contributed by atoms with van der Waals surface area (Å²) < 4.78 is 6.31. The quantitative estimate of drug-likeness (QED) is 0.388. The molecule has 0 aliphatic carbocycles. The van der Waals surface area contributed by atoms with E-state index in [-0.39, 0.29) is 12.5 Å². The number of terminal acetylenes is 1. The van der Waals surface area contributed by atoms with E-state index >= 15 is 0 Å². The average Bonchev–Trinajstić information content (AvgIpc) is 2.67. The summed E-state index contributed by atoms with van der Waals surface area (Å²) in [6.07, 6.45) is 6.86. The Labute approximate surface area is 160 Å². The fourth-order valence-electron chi connectivity index (χ4n) is 2.52. The normalized spacial score (nSPS) is 10.6. The summed E-state index contributed by atoms with van der Waals surface area (Å²) in [7, 11) is 0. The number of hydrazone groups is 1. The lowest BCUT2D eigenvalue weighted by Gasteiger charge is -2.10. The van der Waals surface area contributed by atoms with Crippen molar-refractivity contribution < 1.29 is 9.53 Å². The Kier molecular flexibility index (Phi) is 5.67. The molecule has 3 aromatic rings. The topological polar surface area (TPSA) is 50.7 Å². The minimum absolute atomic E-state index is 0.155. The summed E-state index contributed by atoms with van der Waals surface area (Å²) in [5.74, 6) is 2.76. The maximum Gasteiger partial charge on any atom is 0.272 e. The third-order valence-corrected chi connectivity index (χ3v) is 4.41. The van der Waals surface area contributed by atoms with Crippen LogP contribution in [0.5, 0.6) is 5.75 Å². The monoisotopic (exact) mass is 406 g/mol. The summed E-state index contributed by atoms with van der Waals surface area (Å²) in [6, 6.07) is 18.8. The molecule has 0 aromatic heterocycles. The van der Waals surface area contributed by atoms with Crippen molar-refractivity contribution in [2.24, 2.45) is 5.10 Å². The molecular weight excluding hydrogens is 392 g/mol. The van der Waals surface area contributed by atoms with Crippen LogP contribution >= 0.6 is 15.9 Å². The molecule has 0 heterocycles. The van der Waals surface area contributed by atoms with Crippen molar-refractivity contribution in [1.82, 2.24) is 5.43 Å². The van der Waals surface area contributed by atoms with E-state index in [1.807, 2.05) is 42.5 Å². The zero-order valence-corrected chi connectivity index (χ0v) is 15.4. The molecule has 0 bridgehead atoms. The van der Waals surface area contributed by atoms with Crippen LogP contribution in [-0.4, -0.2) is 18.7 Å². The lowest BCUT2D eigenvalue weighted by atomic mass is 10.0. The second kappa shape index (κ2) is 8.32. The predicted molar refractivity (Wildman–Crippen MR) is 107 cm³/mol. The molecule has 0 aliphatic rings. The number of ether oxygens (including phenoxy) is 1. The number of amides is 1. The lowest BCUT2D eigenvalue weighted by molar-refractivity contribution is 0.0954. The number of hydrogen-bond acceptors (Lipinski definition) is 3. The minimum atomic E-state index is -0.306. The highest BCUT2D eigenvalue weighted by molar-refractivity contribution is 9.10. The van der Waals surface area contributed by atoms with Crippen LogP contribution in [0.2, 0.25) is 0 Å². The Morgan fingerprint density at radius 2 is 1.92 bits per heavy atom. The fraction of sp³-hybridized carbons (Fsp3) is 0.0476. The third-order valence-electron chi connectivity index (χ3n) is 3.72. The van der Waals surface area contributed by atoms with Crippen molar-refractivity contribution in [1.29, 1.82) is 0 Å². The predicted octanol–water partition coefficient (Wildman–Crippen LogP) is 4.38. The highest BCUT2D eigenvalue weighted by Crippen LogP contribution is 2.26. The Bertz CT molecular complexity index is 1020. The smallest absolute Gasteiger partial charge is 0.272 e. The highest BCUT2D eigenvalue weighted by atomic mass is 79.9. The SMILES string of the molecule is C#CCOc1ccc2ccccc2c1/C=N\NC(=O)c1ccccc1Br. The molecule has 3 rings (SSSR count). The molecule has 0 saturated carbocycles. The summed E-state index contributed by atoms with van der Waals surface area (Å²) in [5.41, 5.74) is 3.80. The molecule has 128 valence electrons. The van der Waals surface area contributed by atoms with Gasteiger partial charge in [0.15, 0.2) is 0 Å². The summed E-state index contributed by atoms with van der Waals surface area (Å²) in [5, 5.41) is 6.10. The first kappa shape index (κ1) is 17.7. The molecule has 0 saturated heterocycles. The number of nitrogens with zero attached hydrogens (tertiary/aromatic N) is 1. The number of benzene rings is 3. The molecule has 5 heteroatoms. The van der Waals surface area contributed by atoms with Crippen LogP contribution in [0, 0.1) is 12.3 Å². The minimum Gasteiger partial charge on any atom is -0.480 e.